The van der Waals surface area contributed by atoms with Crippen LogP contribution in [0.3, 0.4) is 0 Å². The van der Waals surface area contributed by atoms with Gasteiger partial charge in [0.15, 0.2) is 0 Å². The van der Waals surface area contributed by atoms with Gasteiger partial charge in [-0.05, 0) is 42.1 Å². The Morgan fingerprint density at radius 2 is 2.06 bits per heavy atom. The molecular weight excluding hydrogens is 242 g/mol. The third-order valence-electron chi connectivity index (χ3n) is 2.28. The lowest BCUT2D eigenvalue weighted by Gasteiger charge is -2.05. The molecule has 86 valence electrons. The summed E-state index contributed by atoms with van der Waals surface area (Å²) in [4.78, 5) is 1.09. The van der Waals surface area contributed by atoms with E-state index in [4.69, 9.17) is 5.73 Å². The van der Waals surface area contributed by atoms with E-state index in [1.807, 2.05) is 29.6 Å². The van der Waals surface area contributed by atoms with Crippen LogP contribution in [0.4, 0.5) is 0 Å². The van der Waals surface area contributed by atoms with Gasteiger partial charge in [-0.15, -0.1) is 23.7 Å². The quantitative estimate of drug-likeness (QED) is 0.886. The third kappa shape index (κ3) is 2.76. The Bertz CT molecular complexity index is 442. The first-order valence-electron chi connectivity index (χ1n) is 4.87. The van der Waals surface area contributed by atoms with E-state index in [1.165, 1.54) is 5.56 Å². The van der Waals surface area contributed by atoms with Crippen LogP contribution in [-0.4, -0.2) is 11.7 Å². The Kier molecular flexibility index (Phi) is 4.80. The zero-order valence-electron chi connectivity index (χ0n) is 8.72. The molecule has 4 heteroatoms. The Morgan fingerprint density at radius 1 is 1.25 bits per heavy atom. The van der Waals surface area contributed by atoms with Crippen molar-refractivity contribution in [2.45, 2.75) is 6.42 Å². The highest BCUT2D eigenvalue weighted by Gasteiger charge is 2.05. The van der Waals surface area contributed by atoms with Gasteiger partial charge in [-0.25, -0.2) is 0 Å². The molecule has 3 N–H and O–H groups in total. The van der Waals surface area contributed by atoms with Gasteiger partial charge in [0, 0.05) is 10.4 Å². The monoisotopic (exact) mass is 255 g/mol. The molecule has 2 aromatic rings. The lowest BCUT2D eigenvalue weighted by molar-refractivity contribution is 0.477. The molecule has 2 nitrogen and oxygen atoms in total. The van der Waals surface area contributed by atoms with Crippen molar-refractivity contribution >= 4 is 23.7 Å². The van der Waals surface area contributed by atoms with Crippen molar-refractivity contribution in [1.29, 1.82) is 0 Å². The number of phenolic OH excluding ortho intramolecular Hbond substituents is 1. The zero-order valence-corrected chi connectivity index (χ0v) is 10.4. The summed E-state index contributed by atoms with van der Waals surface area (Å²) in [6.07, 6.45) is 0.846. The Labute approximate surface area is 105 Å². The SMILES string of the molecule is Cl.NCCc1ccc(O)c(-c2cccs2)c1. The summed E-state index contributed by atoms with van der Waals surface area (Å²) in [6, 6.07) is 9.65. The minimum atomic E-state index is 0. The summed E-state index contributed by atoms with van der Waals surface area (Å²) in [7, 11) is 0. The molecule has 0 unspecified atom stereocenters. The van der Waals surface area contributed by atoms with Crippen LogP contribution in [-0.2, 0) is 6.42 Å². The summed E-state index contributed by atoms with van der Waals surface area (Å²) in [5, 5.41) is 11.8. The minimum Gasteiger partial charge on any atom is -0.507 e. The molecule has 0 amide bonds. The summed E-state index contributed by atoms with van der Waals surface area (Å²) in [5.74, 6) is 0.332. The lowest BCUT2D eigenvalue weighted by Crippen LogP contribution is -2.02. The van der Waals surface area contributed by atoms with E-state index < -0.39 is 0 Å². The smallest absolute Gasteiger partial charge is 0.124 e. The molecule has 0 fully saturated rings. The standard InChI is InChI=1S/C12H13NOS.ClH/c13-6-5-9-3-4-11(14)10(8-9)12-2-1-7-15-12;/h1-4,7-8,14H,5-6,13H2;1H. The van der Waals surface area contributed by atoms with E-state index in [0.29, 0.717) is 12.3 Å². The van der Waals surface area contributed by atoms with Crippen LogP contribution in [0.1, 0.15) is 5.56 Å². The van der Waals surface area contributed by atoms with E-state index in [-0.39, 0.29) is 12.4 Å². The molecule has 0 aliphatic carbocycles. The van der Waals surface area contributed by atoms with Crippen molar-refractivity contribution in [3.8, 4) is 16.2 Å². The van der Waals surface area contributed by atoms with Gasteiger partial charge in [0.25, 0.3) is 0 Å². The van der Waals surface area contributed by atoms with Gasteiger partial charge < -0.3 is 10.8 Å². The third-order valence-corrected chi connectivity index (χ3v) is 3.18. The molecule has 1 heterocycles. The number of benzene rings is 1. The van der Waals surface area contributed by atoms with E-state index in [1.54, 1.807) is 17.4 Å². The van der Waals surface area contributed by atoms with E-state index in [0.717, 1.165) is 16.9 Å². The van der Waals surface area contributed by atoms with Crippen LogP contribution in [0.5, 0.6) is 5.75 Å². The molecule has 1 aromatic heterocycles. The molecule has 2 rings (SSSR count). The van der Waals surface area contributed by atoms with Gasteiger partial charge in [-0.3, -0.25) is 0 Å². The van der Waals surface area contributed by atoms with Gasteiger partial charge in [0.2, 0.25) is 0 Å². The van der Waals surface area contributed by atoms with E-state index in [9.17, 15) is 5.11 Å². The van der Waals surface area contributed by atoms with Crippen molar-refractivity contribution in [2.75, 3.05) is 6.54 Å². The normalized spacial score (nSPS) is 9.81. The topological polar surface area (TPSA) is 46.2 Å². The molecule has 1 aromatic carbocycles. The summed E-state index contributed by atoms with van der Waals surface area (Å²) >= 11 is 1.63. The Morgan fingerprint density at radius 3 is 2.69 bits per heavy atom. The van der Waals surface area contributed by atoms with Crippen LogP contribution in [0.2, 0.25) is 0 Å². The average molecular weight is 256 g/mol. The van der Waals surface area contributed by atoms with E-state index in [2.05, 4.69) is 0 Å². The molecule has 0 saturated carbocycles. The first-order chi connectivity index (χ1) is 7.31. The van der Waals surface area contributed by atoms with Crippen LogP contribution in [0.15, 0.2) is 35.7 Å². The highest BCUT2D eigenvalue weighted by Crippen LogP contribution is 2.33. The largest absolute Gasteiger partial charge is 0.507 e. The number of nitrogens with two attached hydrogens (primary N) is 1. The Balaban J connectivity index is 0.00000128. The lowest BCUT2D eigenvalue weighted by atomic mass is 10.1. The van der Waals surface area contributed by atoms with Gasteiger partial charge in [0.05, 0.1) is 0 Å². The second kappa shape index (κ2) is 5.89. The number of rotatable bonds is 3. The maximum atomic E-state index is 9.75. The molecule has 0 atom stereocenters. The van der Waals surface area contributed by atoms with Crippen molar-refractivity contribution in [1.82, 2.24) is 0 Å². The second-order valence-corrected chi connectivity index (χ2v) is 4.32. The number of aromatic hydroxyl groups is 1. The molecule has 0 aliphatic rings. The van der Waals surface area contributed by atoms with Crippen LogP contribution in [0.25, 0.3) is 10.4 Å². The summed E-state index contributed by atoms with van der Waals surface area (Å²) < 4.78 is 0. The summed E-state index contributed by atoms with van der Waals surface area (Å²) in [5.41, 5.74) is 7.57. The first-order valence-corrected chi connectivity index (χ1v) is 5.75. The number of thiophene rings is 1. The van der Waals surface area contributed by atoms with Crippen LogP contribution in [0, 0.1) is 0 Å². The van der Waals surface area contributed by atoms with E-state index >= 15 is 0 Å². The zero-order chi connectivity index (χ0) is 10.7. The molecule has 0 aliphatic heterocycles. The van der Waals surface area contributed by atoms with Crippen molar-refractivity contribution in [2.24, 2.45) is 5.73 Å². The van der Waals surface area contributed by atoms with Crippen LogP contribution >= 0.6 is 23.7 Å². The predicted octanol–water partition coefficient (Wildman–Crippen LogP) is 3.04. The molecule has 16 heavy (non-hydrogen) atoms. The minimum absolute atomic E-state index is 0. The van der Waals surface area contributed by atoms with Crippen molar-refractivity contribution < 1.29 is 5.11 Å². The van der Waals surface area contributed by atoms with Crippen molar-refractivity contribution in [3.63, 3.8) is 0 Å². The fourth-order valence-electron chi connectivity index (χ4n) is 1.53. The molecular formula is C12H14ClNOS. The molecule has 0 saturated heterocycles. The average Bonchev–Trinajstić information content (AvgIpc) is 2.74. The highest BCUT2D eigenvalue weighted by atomic mass is 35.5. The Hall–Kier alpha value is -1.03. The molecule has 0 spiro atoms. The number of halogens is 1. The van der Waals surface area contributed by atoms with Gasteiger partial charge in [0.1, 0.15) is 5.75 Å². The summed E-state index contributed by atoms with van der Waals surface area (Å²) in [6.45, 7) is 0.634. The van der Waals surface area contributed by atoms with Gasteiger partial charge in [-0.2, -0.15) is 0 Å². The molecule has 0 radical (unpaired) electrons. The van der Waals surface area contributed by atoms with Gasteiger partial charge >= 0.3 is 0 Å². The van der Waals surface area contributed by atoms with Crippen LogP contribution < -0.4 is 5.73 Å². The van der Waals surface area contributed by atoms with Crippen molar-refractivity contribution in [3.05, 3.63) is 41.3 Å². The number of hydrogen-bond donors (Lipinski definition) is 2. The maximum Gasteiger partial charge on any atom is 0.124 e. The number of hydrogen-bond acceptors (Lipinski definition) is 3. The highest BCUT2D eigenvalue weighted by molar-refractivity contribution is 7.13. The van der Waals surface area contributed by atoms with Gasteiger partial charge in [-0.1, -0.05) is 12.1 Å². The maximum absolute atomic E-state index is 9.75. The predicted molar refractivity (Wildman–Crippen MR) is 71.4 cm³/mol. The fraction of sp³-hybridized carbons (Fsp3) is 0.167. The fourth-order valence-corrected chi connectivity index (χ4v) is 2.29. The first kappa shape index (κ1) is 13.0. The molecule has 0 bridgehead atoms. The second-order valence-electron chi connectivity index (χ2n) is 3.37. The number of phenols is 1.